The number of aliphatic hydroxyl groups excluding tert-OH is 1. The maximum absolute atomic E-state index is 9.58. The number of aryl methyl sites for hydroxylation is 1. The second kappa shape index (κ2) is 4.85. The fourth-order valence-electron chi connectivity index (χ4n) is 3.08. The Kier molecular flexibility index (Phi) is 3.19. The molecule has 1 saturated carbocycles. The van der Waals surface area contributed by atoms with E-state index >= 15 is 0 Å². The van der Waals surface area contributed by atoms with Gasteiger partial charge in [-0.25, -0.2) is 4.98 Å². The summed E-state index contributed by atoms with van der Waals surface area (Å²) in [6, 6.07) is 5.93. The van der Waals surface area contributed by atoms with Crippen molar-refractivity contribution in [1.82, 2.24) is 9.55 Å². The van der Waals surface area contributed by atoms with E-state index in [0.29, 0.717) is 5.92 Å². The molecule has 102 valence electrons. The van der Waals surface area contributed by atoms with Crippen LogP contribution in [0.15, 0.2) is 18.2 Å². The van der Waals surface area contributed by atoms with Gasteiger partial charge in [0.05, 0.1) is 17.1 Å². The third-order valence-electron chi connectivity index (χ3n) is 4.22. The SMILES string of the molecule is Cc1nc2cc(N)ccc2n1CC1CCC(O)CC1. The average molecular weight is 259 g/mol. The molecule has 1 aliphatic rings. The zero-order valence-electron chi connectivity index (χ0n) is 11.3. The largest absolute Gasteiger partial charge is 0.399 e. The lowest BCUT2D eigenvalue weighted by Gasteiger charge is -2.26. The van der Waals surface area contributed by atoms with Crippen LogP contribution in [0.25, 0.3) is 11.0 Å². The number of rotatable bonds is 2. The molecule has 1 heterocycles. The number of nitrogens with two attached hydrogens (primary N) is 1. The summed E-state index contributed by atoms with van der Waals surface area (Å²) in [5, 5.41) is 9.58. The van der Waals surface area contributed by atoms with Gasteiger partial charge in [-0.3, -0.25) is 0 Å². The topological polar surface area (TPSA) is 64.1 Å². The van der Waals surface area contributed by atoms with E-state index in [-0.39, 0.29) is 6.10 Å². The molecular formula is C15H21N3O. The standard InChI is InChI=1S/C15H21N3O/c1-10-17-14-8-12(16)4-7-15(14)18(10)9-11-2-5-13(19)6-3-11/h4,7-8,11,13,19H,2-3,5-6,9,16H2,1H3. The van der Waals surface area contributed by atoms with Gasteiger partial charge in [-0.05, 0) is 56.7 Å². The molecule has 1 aliphatic carbocycles. The molecule has 0 atom stereocenters. The van der Waals surface area contributed by atoms with Gasteiger partial charge in [0.1, 0.15) is 5.82 Å². The molecule has 1 fully saturated rings. The summed E-state index contributed by atoms with van der Waals surface area (Å²) >= 11 is 0. The van der Waals surface area contributed by atoms with Gasteiger partial charge in [0.2, 0.25) is 0 Å². The van der Waals surface area contributed by atoms with Crippen molar-refractivity contribution in [3.05, 3.63) is 24.0 Å². The van der Waals surface area contributed by atoms with Crippen LogP contribution in [0.3, 0.4) is 0 Å². The van der Waals surface area contributed by atoms with Crippen LogP contribution in [-0.2, 0) is 6.54 Å². The molecule has 0 bridgehead atoms. The van der Waals surface area contributed by atoms with Gasteiger partial charge in [-0.2, -0.15) is 0 Å². The van der Waals surface area contributed by atoms with Crippen LogP contribution >= 0.6 is 0 Å². The smallest absolute Gasteiger partial charge is 0.106 e. The number of nitrogen functional groups attached to an aromatic ring is 1. The van der Waals surface area contributed by atoms with Gasteiger partial charge in [-0.1, -0.05) is 0 Å². The predicted molar refractivity (Wildman–Crippen MR) is 76.8 cm³/mol. The molecule has 3 N–H and O–H groups in total. The number of aliphatic hydroxyl groups is 1. The highest BCUT2D eigenvalue weighted by Crippen LogP contribution is 2.28. The van der Waals surface area contributed by atoms with Crippen molar-refractivity contribution in [2.24, 2.45) is 5.92 Å². The lowest BCUT2D eigenvalue weighted by molar-refractivity contribution is 0.104. The van der Waals surface area contributed by atoms with Crippen LogP contribution in [0, 0.1) is 12.8 Å². The second-order valence-corrected chi connectivity index (χ2v) is 5.69. The van der Waals surface area contributed by atoms with E-state index in [9.17, 15) is 5.11 Å². The summed E-state index contributed by atoms with van der Waals surface area (Å²) < 4.78 is 2.29. The minimum atomic E-state index is -0.0864. The van der Waals surface area contributed by atoms with Gasteiger partial charge >= 0.3 is 0 Å². The number of nitrogens with zero attached hydrogens (tertiary/aromatic N) is 2. The lowest BCUT2D eigenvalue weighted by Crippen LogP contribution is -2.22. The van der Waals surface area contributed by atoms with Crippen molar-refractivity contribution in [2.75, 3.05) is 5.73 Å². The van der Waals surface area contributed by atoms with E-state index in [1.807, 2.05) is 19.1 Å². The number of hydrogen-bond acceptors (Lipinski definition) is 3. The van der Waals surface area contributed by atoms with Crippen LogP contribution in [0.1, 0.15) is 31.5 Å². The molecule has 3 rings (SSSR count). The summed E-state index contributed by atoms with van der Waals surface area (Å²) in [6.07, 6.45) is 3.99. The number of anilines is 1. The Hall–Kier alpha value is -1.55. The molecule has 0 saturated heterocycles. The van der Waals surface area contributed by atoms with E-state index in [2.05, 4.69) is 15.6 Å². The Morgan fingerprint density at radius 3 is 2.79 bits per heavy atom. The molecule has 1 aromatic heterocycles. The maximum Gasteiger partial charge on any atom is 0.106 e. The van der Waals surface area contributed by atoms with Crippen molar-refractivity contribution < 1.29 is 5.11 Å². The minimum absolute atomic E-state index is 0.0864. The van der Waals surface area contributed by atoms with Gasteiger partial charge in [-0.15, -0.1) is 0 Å². The molecule has 2 aromatic rings. The third-order valence-corrected chi connectivity index (χ3v) is 4.22. The van der Waals surface area contributed by atoms with Crippen molar-refractivity contribution in [3.8, 4) is 0 Å². The lowest BCUT2D eigenvalue weighted by atomic mass is 9.87. The van der Waals surface area contributed by atoms with Gasteiger partial charge in [0.25, 0.3) is 0 Å². The molecule has 0 radical (unpaired) electrons. The van der Waals surface area contributed by atoms with Crippen LogP contribution < -0.4 is 5.73 Å². The molecular weight excluding hydrogens is 238 g/mol. The summed E-state index contributed by atoms with van der Waals surface area (Å²) in [5.41, 5.74) is 8.71. The normalized spacial score (nSPS) is 23.9. The Bertz CT molecular complexity index is 582. The Morgan fingerprint density at radius 2 is 2.05 bits per heavy atom. The number of benzene rings is 1. The molecule has 0 amide bonds. The molecule has 1 aromatic carbocycles. The maximum atomic E-state index is 9.58. The molecule has 0 aliphatic heterocycles. The predicted octanol–water partition coefficient (Wildman–Crippen LogP) is 2.48. The third kappa shape index (κ3) is 2.45. The quantitative estimate of drug-likeness (QED) is 0.814. The van der Waals surface area contributed by atoms with Gasteiger partial charge in [0.15, 0.2) is 0 Å². The van der Waals surface area contributed by atoms with Crippen LogP contribution in [0.4, 0.5) is 5.69 Å². The Labute approximate surface area is 113 Å². The highest BCUT2D eigenvalue weighted by Gasteiger charge is 2.21. The first-order valence-electron chi connectivity index (χ1n) is 7.04. The highest BCUT2D eigenvalue weighted by atomic mass is 16.3. The highest BCUT2D eigenvalue weighted by molar-refractivity contribution is 5.79. The first kappa shape index (κ1) is 12.5. The van der Waals surface area contributed by atoms with E-state index in [4.69, 9.17) is 5.73 Å². The number of hydrogen-bond donors (Lipinski definition) is 2. The Balaban J connectivity index is 1.86. The van der Waals surface area contributed by atoms with Crippen LogP contribution in [0.2, 0.25) is 0 Å². The summed E-state index contributed by atoms with van der Waals surface area (Å²) in [6.45, 7) is 3.05. The number of imidazole rings is 1. The Morgan fingerprint density at radius 1 is 1.32 bits per heavy atom. The van der Waals surface area contributed by atoms with Gasteiger partial charge in [0, 0.05) is 12.2 Å². The summed E-state index contributed by atoms with van der Waals surface area (Å²) in [5.74, 6) is 1.70. The molecule has 19 heavy (non-hydrogen) atoms. The molecule has 0 unspecified atom stereocenters. The summed E-state index contributed by atoms with van der Waals surface area (Å²) in [4.78, 5) is 4.59. The zero-order valence-corrected chi connectivity index (χ0v) is 11.3. The van der Waals surface area contributed by atoms with Crippen molar-refractivity contribution in [3.63, 3.8) is 0 Å². The summed E-state index contributed by atoms with van der Waals surface area (Å²) in [7, 11) is 0. The molecule has 0 spiro atoms. The number of aromatic nitrogens is 2. The minimum Gasteiger partial charge on any atom is -0.399 e. The average Bonchev–Trinajstić information content (AvgIpc) is 2.68. The van der Waals surface area contributed by atoms with E-state index in [1.54, 1.807) is 0 Å². The van der Waals surface area contributed by atoms with Crippen LogP contribution in [0.5, 0.6) is 0 Å². The van der Waals surface area contributed by atoms with Crippen molar-refractivity contribution >= 4 is 16.7 Å². The van der Waals surface area contributed by atoms with E-state index in [0.717, 1.165) is 54.8 Å². The van der Waals surface area contributed by atoms with Gasteiger partial charge < -0.3 is 15.4 Å². The molecule has 4 nitrogen and oxygen atoms in total. The van der Waals surface area contributed by atoms with E-state index in [1.165, 1.54) is 0 Å². The van der Waals surface area contributed by atoms with Crippen molar-refractivity contribution in [2.45, 2.75) is 45.3 Å². The molecule has 4 heteroatoms. The fraction of sp³-hybridized carbons (Fsp3) is 0.533. The van der Waals surface area contributed by atoms with Crippen molar-refractivity contribution in [1.29, 1.82) is 0 Å². The zero-order chi connectivity index (χ0) is 13.4. The van der Waals surface area contributed by atoms with Crippen LogP contribution in [-0.4, -0.2) is 20.8 Å². The first-order chi connectivity index (χ1) is 9.13. The van der Waals surface area contributed by atoms with E-state index < -0.39 is 0 Å². The fourth-order valence-corrected chi connectivity index (χ4v) is 3.08. The first-order valence-corrected chi connectivity index (χ1v) is 7.04. The monoisotopic (exact) mass is 259 g/mol. The second-order valence-electron chi connectivity index (χ2n) is 5.69. The number of fused-ring (bicyclic) bond motifs is 1.